The molecule has 0 aliphatic heterocycles. The lowest BCUT2D eigenvalue weighted by Gasteiger charge is -2.10. The first-order valence-corrected chi connectivity index (χ1v) is 8.72. The summed E-state index contributed by atoms with van der Waals surface area (Å²) >= 11 is 1.36. The van der Waals surface area contributed by atoms with Crippen LogP contribution >= 0.6 is 11.8 Å². The highest BCUT2D eigenvalue weighted by molar-refractivity contribution is 7.99. The number of hydrogen-bond acceptors (Lipinski definition) is 5. The maximum atomic E-state index is 12.0. The average Bonchev–Trinajstić information content (AvgIpc) is 3.22. The van der Waals surface area contributed by atoms with Crippen LogP contribution in [-0.2, 0) is 4.79 Å². The van der Waals surface area contributed by atoms with Crippen LogP contribution in [0.15, 0.2) is 46.2 Å². The fraction of sp³-hybridized carbons (Fsp3) is 0.294. The van der Waals surface area contributed by atoms with Gasteiger partial charge in [0.25, 0.3) is 0 Å². The summed E-state index contributed by atoms with van der Waals surface area (Å²) in [6, 6.07) is 9.19. The second-order valence-electron chi connectivity index (χ2n) is 5.25. The molecule has 0 bridgehead atoms. The second kappa shape index (κ2) is 7.44. The van der Waals surface area contributed by atoms with E-state index in [2.05, 4.69) is 15.3 Å². The average molecular weight is 345 g/mol. The molecule has 0 spiro atoms. The van der Waals surface area contributed by atoms with Crippen LogP contribution in [0.25, 0.3) is 11.0 Å². The van der Waals surface area contributed by atoms with E-state index in [1.165, 1.54) is 11.8 Å². The van der Waals surface area contributed by atoms with Gasteiger partial charge < -0.3 is 19.5 Å². The van der Waals surface area contributed by atoms with Gasteiger partial charge in [-0.1, -0.05) is 11.8 Å². The van der Waals surface area contributed by atoms with Gasteiger partial charge in [0.1, 0.15) is 11.5 Å². The first kappa shape index (κ1) is 16.4. The molecule has 0 saturated heterocycles. The molecule has 1 atom stereocenters. The summed E-state index contributed by atoms with van der Waals surface area (Å²) in [5.74, 6) is 1.75. The number of amides is 1. The molecule has 1 unspecified atom stereocenters. The molecule has 6 nitrogen and oxygen atoms in total. The summed E-state index contributed by atoms with van der Waals surface area (Å²) < 4.78 is 10.8. The lowest BCUT2D eigenvalue weighted by Crippen LogP contribution is -2.27. The van der Waals surface area contributed by atoms with E-state index < -0.39 is 0 Å². The number of nitrogens with zero attached hydrogens (tertiary/aromatic N) is 1. The van der Waals surface area contributed by atoms with Gasteiger partial charge in [0.05, 0.1) is 35.7 Å². The van der Waals surface area contributed by atoms with Crippen molar-refractivity contribution in [2.24, 2.45) is 0 Å². The van der Waals surface area contributed by atoms with Gasteiger partial charge in [-0.3, -0.25) is 4.79 Å². The number of aromatic nitrogens is 2. The first-order valence-electron chi connectivity index (χ1n) is 7.74. The van der Waals surface area contributed by atoms with Crippen LogP contribution in [0.3, 0.4) is 0 Å². The quantitative estimate of drug-likeness (QED) is 0.640. The van der Waals surface area contributed by atoms with Crippen molar-refractivity contribution in [3.05, 3.63) is 42.4 Å². The number of nitrogens with one attached hydrogen (secondary N) is 2. The van der Waals surface area contributed by atoms with E-state index >= 15 is 0 Å². The molecule has 1 aromatic carbocycles. The number of carbonyl (C=O) groups is 1. The summed E-state index contributed by atoms with van der Waals surface area (Å²) in [6.45, 7) is 4.45. The lowest BCUT2D eigenvalue weighted by molar-refractivity contribution is -0.119. The number of ether oxygens (including phenoxy) is 1. The molecule has 3 rings (SSSR count). The third-order valence-corrected chi connectivity index (χ3v) is 4.30. The molecule has 0 fully saturated rings. The Morgan fingerprint density at radius 2 is 2.33 bits per heavy atom. The molecule has 0 aliphatic rings. The molecule has 0 saturated carbocycles. The Kier molecular flexibility index (Phi) is 5.10. The predicted molar refractivity (Wildman–Crippen MR) is 93.3 cm³/mol. The minimum atomic E-state index is -0.155. The molecule has 1 amide bonds. The first-order chi connectivity index (χ1) is 11.7. The fourth-order valence-corrected chi connectivity index (χ4v) is 3.01. The molecule has 24 heavy (non-hydrogen) atoms. The molecule has 2 aromatic heterocycles. The molecule has 126 valence electrons. The van der Waals surface area contributed by atoms with Crippen LogP contribution < -0.4 is 10.1 Å². The lowest BCUT2D eigenvalue weighted by atomic mass is 10.2. The summed E-state index contributed by atoms with van der Waals surface area (Å²) in [7, 11) is 0. The zero-order chi connectivity index (χ0) is 16.9. The molecule has 0 aliphatic carbocycles. The number of furan rings is 1. The van der Waals surface area contributed by atoms with E-state index in [1.807, 2.05) is 38.1 Å². The van der Waals surface area contributed by atoms with Crippen molar-refractivity contribution in [3.63, 3.8) is 0 Å². The van der Waals surface area contributed by atoms with Gasteiger partial charge >= 0.3 is 0 Å². The standard InChI is InChI=1S/C17H19N3O3S/c1-3-22-12-6-7-13-14(9-12)20-17(19-13)24-10-16(21)18-11(2)15-5-4-8-23-15/h4-9,11H,3,10H2,1-2H3,(H,18,21)(H,19,20). The van der Waals surface area contributed by atoms with Crippen LogP contribution in [-0.4, -0.2) is 28.2 Å². The maximum Gasteiger partial charge on any atom is 0.231 e. The molecule has 2 heterocycles. The van der Waals surface area contributed by atoms with Crippen molar-refractivity contribution >= 4 is 28.7 Å². The van der Waals surface area contributed by atoms with Crippen LogP contribution in [0.2, 0.25) is 0 Å². The SMILES string of the molecule is CCOc1ccc2nc(SCC(=O)NC(C)c3ccco3)[nH]c2c1. The summed E-state index contributed by atoms with van der Waals surface area (Å²) in [5.41, 5.74) is 1.75. The highest BCUT2D eigenvalue weighted by Crippen LogP contribution is 2.23. The van der Waals surface area contributed by atoms with E-state index in [0.29, 0.717) is 11.8 Å². The van der Waals surface area contributed by atoms with Crippen LogP contribution in [0, 0.1) is 0 Å². The normalized spacial score (nSPS) is 12.2. The number of carbonyl (C=O) groups excluding carboxylic acids is 1. The minimum absolute atomic E-state index is 0.0700. The molecule has 2 N–H and O–H groups in total. The minimum Gasteiger partial charge on any atom is -0.494 e. The Bertz CT molecular complexity index is 814. The largest absolute Gasteiger partial charge is 0.494 e. The predicted octanol–water partition coefficient (Wildman–Crippen LogP) is 3.52. The summed E-state index contributed by atoms with van der Waals surface area (Å²) in [5, 5.41) is 3.60. The molecule has 3 aromatic rings. The number of rotatable bonds is 7. The van der Waals surface area contributed by atoms with E-state index in [1.54, 1.807) is 12.3 Å². The Morgan fingerprint density at radius 3 is 3.08 bits per heavy atom. The number of imidazole rings is 1. The van der Waals surface area contributed by atoms with Gasteiger partial charge in [0, 0.05) is 6.07 Å². The number of fused-ring (bicyclic) bond motifs is 1. The zero-order valence-corrected chi connectivity index (χ0v) is 14.4. The van der Waals surface area contributed by atoms with Gasteiger partial charge in [-0.25, -0.2) is 4.98 Å². The Balaban J connectivity index is 1.57. The fourth-order valence-electron chi connectivity index (χ4n) is 2.32. The molecule has 0 radical (unpaired) electrons. The number of aromatic amines is 1. The van der Waals surface area contributed by atoms with Gasteiger partial charge in [0.15, 0.2) is 5.16 Å². The zero-order valence-electron chi connectivity index (χ0n) is 13.5. The van der Waals surface area contributed by atoms with Crippen LogP contribution in [0.4, 0.5) is 0 Å². The van der Waals surface area contributed by atoms with Gasteiger partial charge in [-0.2, -0.15) is 0 Å². The summed E-state index contributed by atoms with van der Waals surface area (Å²) in [4.78, 5) is 19.7. The Morgan fingerprint density at radius 1 is 1.46 bits per heavy atom. The van der Waals surface area contributed by atoms with E-state index in [4.69, 9.17) is 9.15 Å². The molecular weight excluding hydrogens is 326 g/mol. The van der Waals surface area contributed by atoms with Crippen molar-refractivity contribution < 1.29 is 13.9 Å². The number of benzene rings is 1. The Labute approximate surface area is 144 Å². The van der Waals surface area contributed by atoms with Crippen molar-refractivity contribution in [2.45, 2.75) is 25.0 Å². The third-order valence-electron chi connectivity index (χ3n) is 3.43. The van der Waals surface area contributed by atoms with E-state index in [-0.39, 0.29) is 17.7 Å². The third kappa shape index (κ3) is 3.91. The number of H-pyrrole nitrogens is 1. The highest BCUT2D eigenvalue weighted by atomic mass is 32.2. The second-order valence-corrected chi connectivity index (χ2v) is 6.21. The van der Waals surface area contributed by atoms with Gasteiger partial charge in [-0.05, 0) is 38.1 Å². The van der Waals surface area contributed by atoms with Crippen LogP contribution in [0.5, 0.6) is 5.75 Å². The van der Waals surface area contributed by atoms with Crippen LogP contribution in [0.1, 0.15) is 25.6 Å². The van der Waals surface area contributed by atoms with E-state index in [9.17, 15) is 4.79 Å². The van der Waals surface area contributed by atoms with Gasteiger partial charge in [0.2, 0.25) is 5.91 Å². The van der Waals surface area contributed by atoms with Crippen molar-refractivity contribution in [1.82, 2.24) is 15.3 Å². The number of hydrogen-bond donors (Lipinski definition) is 2. The van der Waals surface area contributed by atoms with Crippen molar-refractivity contribution in [1.29, 1.82) is 0 Å². The Hall–Kier alpha value is -2.41. The summed E-state index contributed by atoms with van der Waals surface area (Å²) in [6.07, 6.45) is 1.59. The van der Waals surface area contributed by atoms with Crippen molar-refractivity contribution in [3.8, 4) is 5.75 Å². The van der Waals surface area contributed by atoms with Crippen molar-refractivity contribution in [2.75, 3.05) is 12.4 Å². The van der Waals surface area contributed by atoms with E-state index in [0.717, 1.165) is 22.5 Å². The maximum absolute atomic E-state index is 12.0. The molecule has 7 heteroatoms. The molecular formula is C17H19N3O3S. The highest BCUT2D eigenvalue weighted by Gasteiger charge is 2.13. The smallest absolute Gasteiger partial charge is 0.231 e. The monoisotopic (exact) mass is 345 g/mol. The number of thioether (sulfide) groups is 1. The topological polar surface area (TPSA) is 80.2 Å². The van der Waals surface area contributed by atoms with Gasteiger partial charge in [-0.15, -0.1) is 0 Å².